The molecule has 130 valence electrons. The third kappa shape index (κ3) is 10.3. The van der Waals surface area contributed by atoms with Gasteiger partial charge in [-0.3, -0.25) is 0 Å². The van der Waals surface area contributed by atoms with Crippen LogP contribution in [0.1, 0.15) is 79.1 Å². The van der Waals surface area contributed by atoms with E-state index in [4.69, 9.17) is 30.2 Å². The lowest BCUT2D eigenvalue weighted by molar-refractivity contribution is 0.241. The molecule has 0 spiro atoms. The first-order chi connectivity index (χ1) is 10.4. The number of rotatable bonds is 10. The van der Waals surface area contributed by atoms with Crippen molar-refractivity contribution in [3.63, 3.8) is 0 Å². The molecule has 0 aliphatic carbocycles. The van der Waals surface area contributed by atoms with Gasteiger partial charge in [0.2, 0.25) is 0 Å². The molecule has 0 aromatic heterocycles. The Morgan fingerprint density at radius 2 is 1.36 bits per heavy atom. The zero-order chi connectivity index (χ0) is 17.0. The fourth-order valence-corrected chi connectivity index (χ4v) is 4.86. The molecule has 0 saturated carbocycles. The molecule has 0 aliphatic heterocycles. The molecule has 0 bridgehead atoms. The van der Waals surface area contributed by atoms with E-state index in [2.05, 4.69) is 32.6 Å². The molecule has 0 radical (unpaired) electrons. The van der Waals surface area contributed by atoms with Crippen LogP contribution in [0.3, 0.4) is 0 Å². The van der Waals surface area contributed by atoms with Crippen LogP contribution in [-0.4, -0.2) is 25.6 Å². The molecule has 6 heteroatoms. The molecular formula is C16H32N2S4. The minimum atomic E-state index is 0.449. The Hall–Kier alpha value is 0.480. The summed E-state index contributed by atoms with van der Waals surface area (Å²) in [6, 6.07) is 0.963. The van der Waals surface area contributed by atoms with Gasteiger partial charge in [0.25, 0.3) is 0 Å². The first-order valence-electron chi connectivity index (χ1n) is 8.40. The fraction of sp³-hybridized carbons (Fsp3) is 0.875. The van der Waals surface area contributed by atoms with Gasteiger partial charge in [-0.15, -0.1) is 0 Å². The predicted octanol–water partition coefficient (Wildman–Crippen LogP) is 6.14. The van der Waals surface area contributed by atoms with Crippen LogP contribution in [0.5, 0.6) is 0 Å². The summed E-state index contributed by atoms with van der Waals surface area (Å²) in [6.45, 7) is 9.08. The Morgan fingerprint density at radius 1 is 0.909 bits per heavy atom. The topological polar surface area (TPSA) is 29.3 Å². The van der Waals surface area contributed by atoms with Crippen LogP contribution in [0.2, 0.25) is 0 Å². The monoisotopic (exact) mass is 380 g/mol. The van der Waals surface area contributed by atoms with E-state index in [1.165, 1.54) is 73.0 Å². The van der Waals surface area contributed by atoms with Gasteiger partial charge in [-0.25, -0.2) is 0 Å². The van der Waals surface area contributed by atoms with Crippen molar-refractivity contribution in [1.82, 2.24) is 4.90 Å². The maximum atomic E-state index is 5.66. The average Bonchev–Trinajstić information content (AvgIpc) is 2.46. The van der Waals surface area contributed by atoms with Gasteiger partial charge in [-0.1, -0.05) is 76.8 Å². The Bertz CT molecular complexity index is 307. The molecule has 0 aromatic rings. The quantitative estimate of drug-likeness (QED) is 0.278. The average molecular weight is 381 g/mol. The summed E-state index contributed by atoms with van der Waals surface area (Å²) in [6.07, 6.45) is 10.0. The summed E-state index contributed by atoms with van der Waals surface area (Å²) in [4.78, 5) is 2.41. The summed E-state index contributed by atoms with van der Waals surface area (Å²) in [7, 11) is 2.94. The standard InChI is InChI=1S/C16H32N2S4/c1-5-7-9-11-13(3)18(14(4)12-10-8-6-2)16(20)22-21-15(17)19/h13-14H,5-12H2,1-4H3,(H2,17,19). The Balaban J connectivity index is 4.64. The molecule has 2 nitrogen and oxygen atoms in total. The van der Waals surface area contributed by atoms with Gasteiger partial charge in [0.1, 0.15) is 8.64 Å². The molecule has 0 rings (SSSR count). The maximum Gasteiger partial charge on any atom is 0.147 e. The largest absolute Gasteiger partial charge is 0.384 e. The summed E-state index contributed by atoms with van der Waals surface area (Å²) >= 11 is 10.6. The van der Waals surface area contributed by atoms with Crippen LogP contribution in [0, 0.1) is 0 Å². The van der Waals surface area contributed by atoms with Crippen molar-refractivity contribution in [3.8, 4) is 0 Å². The Kier molecular flexibility index (Phi) is 14.2. The molecule has 0 heterocycles. The van der Waals surface area contributed by atoms with Crippen molar-refractivity contribution >= 4 is 54.7 Å². The van der Waals surface area contributed by atoms with Crippen LogP contribution < -0.4 is 5.73 Å². The molecule has 0 amide bonds. The van der Waals surface area contributed by atoms with Crippen LogP contribution in [-0.2, 0) is 0 Å². The lowest BCUT2D eigenvalue weighted by Gasteiger charge is -2.36. The number of nitrogens with two attached hydrogens (primary N) is 1. The smallest absolute Gasteiger partial charge is 0.147 e. The highest BCUT2D eigenvalue weighted by Crippen LogP contribution is 2.29. The van der Waals surface area contributed by atoms with Crippen LogP contribution >= 0.6 is 46.0 Å². The van der Waals surface area contributed by atoms with Crippen molar-refractivity contribution in [2.75, 3.05) is 0 Å². The second kappa shape index (κ2) is 13.9. The van der Waals surface area contributed by atoms with Crippen LogP contribution in [0.4, 0.5) is 0 Å². The van der Waals surface area contributed by atoms with Crippen LogP contribution in [0.25, 0.3) is 0 Å². The van der Waals surface area contributed by atoms with Crippen LogP contribution in [0.15, 0.2) is 0 Å². The van der Waals surface area contributed by atoms with E-state index < -0.39 is 0 Å². The summed E-state index contributed by atoms with van der Waals surface area (Å²) < 4.78 is 1.37. The number of nitrogens with zero attached hydrogens (tertiary/aromatic N) is 1. The zero-order valence-electron chi connectivity index (χ0n) is 14.5. The first-order valence-corrected chi connectivity index (χ1v) is 11.4. The molecule has 2 unspecified atom stereocenters. The molecule has 2 atom stereocenters. The Morgan fingerprint density at radius 3 is 1.73 bits per heavy atom. The van der Waals surface area contributed by atoms with E-state index >= 15 is 0 Å². The number of hydrogen-bond donors (Lipinski definition) is 1. The van der Waals surface area contributed by atoms with Gasteiger partial charge in [0.05, 0.1) is 0 Å². The predicted molar refractivity (Wildman–Crippen MR) is 114 cm³/mol. The van der Waals surface area contributed by atoms with Crippen molar-refractivity contribution in [3.05, 3.63) is 0 Å². The third-order valence-corrected chi connectivity index (χ3v) is 7.01. The Labute approximate surface area is 156 Å². The lowest BCUT2D eigenvalue weighted by Crippen LogP contribution is -2.42. The normalized spacial score (nSPS) is 13.6. The first kappa shape index (κ1) is 22.5. The number of unbranched alkanes of at least 4 members (excludes halogenated alkanes) is 4. The minimum absolute atomic E-state index is 0.449. The van der Waals surface area contributed by atoms with E-state index in [-0.39, 0.29) is 0 Å². The molecule has 2 N–H and O–H groups in total. The van der Waals surface area contributed by atoms with E-state index in [9.17, 15) is 0 Å². The summed E-state index contributed by atoms with van der Waals surface area (Å²) in [5.41, 5.74) is 5.58. The minimum Gasteiger partial charge on any atom is -0.384 e. The maximum absolute atomic E-state index is 5.66. The molecule has 0 aromatic carbocycles. The van der Waals surface area contributed by atoms with Crippen molar-refractivity contribution < 1.29 is 0 Å². The zero-order valence-corrected chi connectivity index (χ0v) is 17.7. The summed E-state index contributed by atoms with van der Waals surface area (Å²) in [5, 5.41) is 0. The fourth-order valence-electron chi connectivity index (χ4n) is 2.57. The highest BCUT2D eigenvalue weighted by molar-refractivity contribution is 8.89. The number of hydrogen-bond acceptors (Lipinski definition) is 4. The molecule has 22 heavy (non-hydrogen) atoms. The highest BCUT2D eigenvalue weighted by Gasteiger charge is 2.23. The van der Waals surface area contributed by atoms with Gasteiger partial charge < -0.3 is 10.6 Å². The molecular weight excluding hydrogens is 348 g/mol. The SMILES string of the molecule is CCCCCC(C)N(C(=S)SSC(N)=S)C(C)CCCCC. The van der Waals surface area contributed by atoms with Gasteiger partial charge in [-0.05, 0) is 48.3 Å². The van der Waals surface area contributed by atoms with Crippen molar-refractivity contribution in [2.45, 2.75) is 91.1 Å². The highest BCUT2D eigenvalue weighted by atomic mass is 33.1. The summed E-state index contributed by atoms with van der Waals surface area (Å²) in [5.74, 6) is 0. The third-order valence-electron chi connectivity index (χ3n) is 3.81. The second-order valence-corrected chi connectivity index (χ2v) is 9.35. The molecule has 0 saturated heterocycles. The second-order valence-electron chi connectivity index (χ2n) is 5.85. The van der Waals surface area contributed by atoms with E-state index in [0.717, 1.165) is 4.32 Å². The van der Waals surface area contributed by atoms with E-state index in [1.54, 1.807) is 0 Å². The van der Waals surface area contributed by atoms with Gasteiger partial charge in [0, 0.05) is 12.1 Å². The van der Waals surface area contributed by atoms with Crippen molar-refractivity contribution in [2.24, 2.45) is 5.73 Å². The van der Waals surface area contributed by atoms with Gasteiger partial charge in [0.15, 0.2) is 0 Å². The molecule has 0 fully saturated rings. The van der Waals surface area contributed by atoms with Crippen molar-refractivity contribution in [1.29, 1.82) is 0 Å². The van der Waals surface area contributed by atoms with E-state index in [1.807, 2.05) is 0 Å². The number of thiocarbonyl (C=S) groups is 2. The lowest BCUT2D eigenvalue weighted by atomic mass is 10.0. The van der Waals surface area contributed by atoms with Gasteiger partial charge >= 0.3 is 0 Å². The van der Waals surface area contributed by atoms with E-state index in [0.29, 0.717) is 16.4 Å². The van der Waals surface area contributed by atoms with Gasteiger partial charge in [-0.2, -0.15) is 0 Å². The molecule has 0 aliphatic rings.